The Hall–Kier alpha value is -3.13. The van der Waals surface area contributed by atoms with Crippen LogP contribution < -0.4 is 10.6 Å². The van der Waals surface area contributed by atoms with Gasteiger partial charge in [-0.15, -0.1) is 0 Å². The summed E-state index contributed by atoms with van der Waals surface area (Å²) in [6.07, 6.45) is 0. The molecule has 1 fully saturated rings. The van der Waals surface area contributed by atoms with Gasteiger partial charge in [-0.05, 0) is 35.4 Å². The molecule has 4 amide bonds. The predicted molar refractivity (Wildman–Crippen MR) is 106 cm³/mol. The number of rotatable bonds is 6. The zero-order valence-corrected chi connectivity index (χ0v) is 16.0. The number of hydrogen-bond donors (Lipinski definition) is 2. The highest BCUT2D eigenvalue weighted by atomic mass is 32.2. The quantitative estimate of drug-likeness (QED) is 0.779. The Morgan fingerprint density at radius 2 is 1.64 bits per heavy atom. The molecule has 28 heavy (non-hydrogen) atoms. The largest absolute Gasteiger partial charge is 0.355 e. The number of imide groups is 1. The summed E-state index contributed by atoms with van der Waals surface area (Å²) in [4.78, 5) is 48.8. The van der Waals surface area contributed by atoms with E-state index >= 15 is 0 Å². The van der Waals surface area contributed by atoms with E-state index in [2.05, 4.69) is 10.6 Å². The molecule has 1 aliphatic heterocycles. The second kappa shape index (κ2) is 8.71. The molecule has 8 heteroatoms. The van der Waals surface area contributed by atoms with E-state index in [0.717, 1.165) is 17.3 Å². The molecule has 1 saturated heterocycles. The number of carbonyl (C=O) groups excluding carboxylic acids is 4. The van der Waals surface area contributed by atoms with Gasteiger partial charge in [0.2, 0.25) is 5.91 Å². The van der Waals surface area contributed by atoms with Crippen LogP contribution in [0, 0.1) is 0 Å². The third kappa shape index (κ3) is 4.58. The van der Waals surface area contributed by atoms with E-state index in [0.29, 0.717) is 16.7 Å². The zero-order valence-electron chi connectivity index (χ0n) is 15.2. The Morgan fingerprint density at radius 1 is 1.00 bits per heavy atom. The summed E-state index contributed by atoms with van der Waals surface area (Å²) in [5.74, 6) is -0.528. The van der Waals surface area contributed by atoms with Gasteiger partial charge in [0.05, 0.1) is 12.3 Å². The number of amides is 4. The number of hydrogen-bond acceptors (Lipinski definition) is 5. The van der Waals surface area contributed by atoms with Crippen LogP contribution in [0.5, 0.6) is 0 Å². The van der Waals surface area contributed by atoms with Crippen LogP contribution in [0.25, 0.3) is 0 Å². The monoisotopic (exact) mass is 397 g/mol. The molecule has 3 rings (SSSR count). The fourth-order valence-corrected chi connectivity index (χ4v) is 3.50. The molecule has 7 nitrogen and oxygen atoms in total. The van der Waals surface area contributed by atoms with E-state index in [1.54, 1.807) is 49.5 Å². The highest BCUT2D eigenvalue weighted by molar-refractivity contribution is 8.14. The Balaban J connectivity index is 1.64. The van der Waals surface area contributed by atoms with Crippen molar-refractivity contribution in [1.82, 2.24) is 15.5 Å². The first kappa shape index (κ1) is 19.6. The van der Waals surface area contributed by atoms with Crippen molar-refractivity contribution in [2.24, 2.45) is 0 Å². The SMILES string of the molecule is CNC(=O)c1cccc(CNC(=O)c2cccc(CN3C(=O)CSC3=O)c2)c1. The van der Waals surface area contributed by atoms with Crippen molar-refractivity contribution in [3.63, 3.8) is 0 Å². The maximum atomic E-state index is 12.5. The molecular formula is C20H19N3O4S. The standard InChI is InChI=1S/C20H19N3O4S/c1-21-18(25)15-6-2-4-13(8-15)10-22-19(26)16-7-3-5-14(9-16)11-23-17(24)12-28-20(23)27/h2-9H,10-12H2,1H3,(H,21,25)(H,22,26). The molecule has 0 bridgehead atoms. The molecule has 144 valence electrons. The van der Waals surface area contributed by atoms with Gasteiger partial charge in [-0.25, -0.2) is 0 Å². The smallest absolute Gasteiger partial charge is 0.289 e. The van der Waals surface area contributed by atoms with Gasteiger partial charge in [-0.1, -0.05) is 36.0 Å². The van der Waals surface area contributed by atoms with Gasteiger partial charge in [0.1, 0.15) is 0 Å². The molecule has 2 N–H and O–H groups in total. The van der Waals surface area contributed by atoms with Crippen LogP contribution in [0.15, 0.2) is 48.5 Å². The molecule has 1 aliphatic rings. The molecule has 2 aromatic rings. The van der Waals surface area contributed by atoms with Gasteiger partial charge in [-0.3, -0.25) is 24.1 Å². The molecule has 0 saturated carbocycles. The topological polar surface area (TPSA) is 95.6 Å². The number of thioether (sulfide) groups is 1. The van der Waals surface area contributed by atoms with Crippen LogP contribution in [0.3, 0.4) is 0 Å². The third-order valence-corrected chi connectivity index (χ3v) is 5.10. The highest BCUT2D eigenvalue weighted by Crippen LogP contribution is 2.21. The predicted octanol–water partition coefficient (Wildman–Crippen LogP) is 2.17. The first-order valence-electron chi connectivity index (χ1n) is 8.63. The molecule has 0 spiro atoms. The van der Waals surface area contributed by atoms with Crippen LogP contribution in [-0.2, 0) is 17.9 Å². The minimum atomic E-state index is -0.277. The van der Waals surface area contributed by atoms with Crippen molar-refractivity contribution in [2.75, 3.05) is 12.8 Å². The summed E-state index contributed by atoms with van der Waals surface area (Å²) in [6, 6.07) is 13.8. The fourth-order valence-electron chi connectivity index (χ4n) is 2.78. The Labute approximate surface area is 166 Å². The van der Waals surface area contributed by atoms with Crippen molar-refractivity contribution >= 4 is 34.7 Å². The molecule has 0 atom stereocenters. The molecule has 0 aromatic heterocycles. The second-order valence-electron chi connectivity index (χ2n) is 6.20. The van der Waals surface area contributed by atoms with Crippen molar-refractivity contribution in [2.45, 2.75) is 13.1 Å². The minimum Gasteiger partial charge on any atom is -0.355 e. The van der Waals surface area contributed by atoms with E-state index in [-0.39, 0.29) is 41.8 Å². The van der Waals surface area contributed by atoms with Crippen molar-refractivity contribution in [3.8, 4) is 0 Å². The zero-order chi connectivity index (χ0) is 20.1. The fraction of sp³-hybridized carbons (Fsp3) is 0.200. The van der Waals surface area contributed by atoms with Crippen molar-refractivity contribution < 1.29 is 19.2 Å². The van der Waals surface area contributed by atoms with E-state index in [1.807, 2.05) is 6.07 Å². The summed E-state index contributed by atoms with van der Waals surface area (Å²) >= 11 is 0.983. The lowest BCUT2D eigenvalue weighted by Crippen LogP contribution is -2.28. The van der Waals surface area contributed by atoms with Gasteiger partial charge >= 0.3 is 0 Å². The summed E-state index contributed by atoms with van der Waals surface area (Å²) < 4.78 is 0. The molecule has 1 heterocycles. The van der Waals surface area contributed by atoms with Gasteiger partial charge in [-0.2, -0.15) is 0 Å². The van der Waals surface area contributed by atoms with Gasteiger partial charge < -0.3 is 10.6 Å². The summed E-state index contributed by atoms with van der Waals surface area (Å²) in [5, 5.41) is 5.11. The lowest BCUT2D eigenvalue weighted by molar-refractivity contribution is -0.125. The molecule has 2 aromatic carbocycles. The number of benzene rings is 2. The Morgan fingerprint density at radius 3 is 2.29 bits per heavy atom. The van der Waals surface area contributed by atoms with Crippen molar-refractivity contribution in [1.29, 1.82) is 0 Å². The third-order valence-electron chi connectivity index (χ3n) is 4.24. The summed E-state index contributed by atoms with van der Waals surface area (Å²) in [7, 11) is 1.56. The Kier molecular flexibility index (Phi) is 6.10. The maximum Gasteiger partial charge on any atom is 0.289 e. The van der Waals surface area contributed by atoms with E-state index < -0.39 is 0 Å². The number of nitrogens with one attached hydrogen (secondary N) is 2. The normalized spacial score (nSPS) is 13.5. The van der Waals surface area contributed by atoms with Gasteiger partial charge in [0, 0.05) is 24.7 Å². The first-order valence-corrected chi connectivity index (χ1v) is 9.62. The molecule has 0 aliphatic carbocycles. The van der Waals surface area contributed by atoms with E-state index in [1.165, 1.54) is 4.90 Å². The van der Waals surface area contributed by atoms with Gasteiger partial charge in [0.15, 0.2) is 0 Å². The van der Waals surface area contributed by atoms with Crippen LogP contribution in [0.4, 0.5) is 4.79 Å². The minimum absolute atomic E-state index is 0.153. The lowest BCUT2D eigenvalue weighted by Gasteiger charge is -2.13. The van der Waals surface area contributed by atoms with E-state index in [4.69, 9.17) is 0 Å². The summed E-state index contributed by atoms with van der Waals surface area (Å²) in [6.45, 7) is 0.424. The first-order chi connectivity index (χ1) is 13.5. The average molecular weight is 397 g/mol. The molecule has 0 radical (unpaired) electrons. The number of nitrogens with zero attached hydrogens (tertiary/aromatic N) is 1. The van der Waals surface area contributed by atoms with Crippen LogP contribution in [0.2, 0.25) is 0 Å². The van der Waals surface area contributed by atoms with Crippen LogP contribution in [-0.4, -0.2) is 40.7 Å². The lowest BCUT2D eigenvalue weighted by atomic mass is 10.1. The molecular weight excluding hydrogens is 378 g/mol. The molecule has 0 unspecified atom stereocenters. The second-order valence-corrected chi connectivity index (χ2v) is 7.12. The Bertz CT molecular complexity index is 929. The van der Waals surface area contributed by atoms with Crippen molar-refractivity contribution in [3.05, 3.63) is 70.8 Å². The average Bonchev–Trinajstić information content (AvgIpc) is 3.04. The maximum absolute atomic E-state index is 12.5. The summed E-state index contributed by atoms with van der Waals surface area (Å²) in [5.41, 5.74) is 2.47. The van der Waals surface area contributed by atoms with Crippen LogP contribution in [0.1, 0.15) is 31.8 Å². The number of carbonyl (C=O) groups is 4. The van der Waals surface area contributed by atoms with E-state index in [9.17, 15) is 19.2 Å². The van der Waals surface area contributed by atoms with Crippen LogP contribution >= 0.6 is 11.8 Å². The van der Waals surface area contributed by atoms with Gasteiger partial charge in [0.25, 0.3) is 17.1 Å². The highest BCUT2D eigenvalue weighted by Gasteiger charge is 2.29.